The number of carbonyl (C=O) groups excluding carboxylic acids is 1. The molecular formula is C52H47Br2N4O5-. The first-order chi connectivity index (χ1) is 30.7. The molecule has 0 fully saturated rings. The van der Waals surface area contributed by atoms with Crippen LogP contribution in [0, 0.1) is 12.8 Å². The van der Waals surface area contributed by atoms with Gasteiger partial charge in [0.25, 0.3) is 5.91 Å². The molecule has 1 amide bonds. The van der Waals surface area contributed by atoms with Crippen LogP contribution >= 0.6 is 31.9 Å². The number of carbonyl (C=O) groups is 2. The minimum Gasteiger partial charge on any atom is -1.00 e. The molecule has 6 N–H and O–H groups in total. The first-order valence-electron chi connectivity index (χ1n) is 20.6. The largest absolute Gasteiger partial charge is 1.00 e. The molecule has 8 aromatic rings. The molecule has 2 aromatic heterocycles. The van der Waals surface area contributed by atoms with Crippen LogP contribution in [-0.4, -0.2) is 27.0 Å². The molecule has 2 unspecified atom stereocenters. The SMILES string of the molecule is C#C.NC1CCCc2c1[nH]c1ccc(Br)cc21.O=C(NC1CCCc2c1[nH]c1ccc(Br)cc21)c1cccc(Oc2ccccc2)c1.O=C(O)c1cccc(Oc2ccccc2)c1.[2H-]. The molecule has 2 heterocycles. The third-order valence-corrected chi connectivity index (χ3v) is 11.8. The second-order valence-electron chi connectivity index (χ2n) is 15.0. The molecule has 0 radical (unpaired) electrons. The van der Waals surface area contributed by atoms with E-state index in [9.17, 15) is 9.59 Å². The van der Waals surface area contributed by atoms with Crippen LogP contribution in [0.2, 0.25) is 0 Å². The number of aromatic carboxylic acids is 1. The summed E-state index contributed by atoms with van der Waals surface area (Å²) in [4.78, 5) is 30.7. The zero-order valence-corrected chi connectivity index (χ0v) is 37.5. The Labute approximate surface area is 384 Å². The number of halogens is 2. The summed E-state index contributed by atoms with van der Waals surface area (Å²) in [6.07, 6.45) is 14.5. The second kappa shape index (κ2) is 21.0. The number of aromatic nitrogens is 2. The lowest BCUT2D eigenvalue weighted by Gasteiger charge is -2.24. The number of hydrogen-bond donors (Lipinski definition) is 5. The van der Waals surface area contributed by atoms with Gasteiger partial charge in [-0.3, -0.25) is 4.79 Å². The summed E-state index contributed by atoms with van der Waals surface area (Å²) in [5.41, 5.74) is 14.3. The highest BCUT2D eigenvalue weighted by molar-refractivity contribution is 9.10. The number of fused-ring (bicyclic) bond motifs is 6. The van der Waals surface area contributed by atoms with Crippen molar-refractivity contribution in [3.8, 4) is 35.8 Å². The van der Waals surface area contributed by atoms with Gasteiger partial charge in [-0.25, -0.2) is 4.79 Å². The van der Waals surface area contributed by atoms with Gasteiger partial charge in [0.05, 0.1) is 11.6 Å². The smallest absolute Gasteiger partial charge is 0.335 e. The number of aromatic amines is 2. The lowest BCUT2D eigenvalue weighted by Crippen LogP contribution is -2.31. The van der Waals surface area contributed by atoms with Crippen molar-refractivity contribution in [1.29, 1.82) is 0 Å². The van der Waals surface area contributed by atoms with Crippen LogP contribution in [0.1, 0.15) is 82.4 Å². The first-order valence-corrected chi connectivity index (χ1v) is 22.2. The molecule has 0 bridgehead atoms. The van der Waals surface area contributed by atoms with E-state index in [1.54, 1.807) is 18.2 Å². The number of rotatable bonds is 7. The average molecular weight is 969 g/mol. The quantitative estimate of drug-likeness (QED) is 0.101. The first kappa shape index (κ1) is 44.5. The van der Waals surface area contributed by atoms with Crippen molar-refractivity contribution in [3.05, 3.63) is 188 Å². The summed E-state index contributed by atoms with van der Waals surface area (Å²) < 4.78 is 13.6. The van der Waals surface area contributed by atoms with Crippen LogP contribution in [0.3, 0.4) is 0 Å². The van der Waals surface area contributed by atoms with Gasteiger partial charge in [0.15, 0.2) is 0 Å². The lowest BCUT2D eigenvalue weighted by atomic mass is 9.91. The lowest BCUT2D eigenvalue weighted by molar-refractivity contribution is 0.0696. The van der Waals surface area contributed by atoms with Crippen molar-refractivity contribution in [2.45, 2.75) is 50.6 Å². The molecule has 2 atom stereocenters. The van der Waals surface area contributed by atoms with Crippen molar-refractivity contribution >= 4 is 65.5 Å². The van der Waals surface area contributed by atoms with Crippen LogP contribution in [0.5, 0.6) is 23.0 Å². The number of amides is 1. The summed E-state index contributed by atoms with van der Waals surface area (Å²) in [5, 5.41) is 14.6. The predicted octanol–water partition coefficient (Wildman–Crippen LogP) is 13.3. The summed E-state index contributed by atoms with van der Waals surface area (Å²) in [6, 6.07) is 45.3. The minimum atomic E-state index is -0.960. The Kier molecular flexibility index (Phi) is 14.8. The van der Waals surface area contributed by atoms with E-state index in [1.165, 1.54) is 51.7 Å². The summed E-state index contributed by atoms with van der Waals surface area (Å²) in [5.74, 6) is 1.55. The van der Waals surface area contributed by atoms with Crippen molar-refractivity contribution in [1.82, 2.24) is 15.3 Å². The summed E-state index contributed by atoms with van der Waals surface area (Å²) in [7, 11) is 0. The van der Waals surface area contributed by atoms with Crippen LogP contribution < -0.4 is 20.5 Å². The molecule has 0 saturated carbocycles. The Morgan fingerprint density at radius 2 is 1.10 bits per heavy atom. The van der Waals surface area contributed by atoms with Gasteiger partial charge in [0, 0.05) is 53.7 Å². The van der Waals surface area contributed by atoms with Gasteiger partial charge in [-0.15, -0.1) is 12.8 Å². The molecule has 0 spiro atoms. The fourth-order valence-electron chi connectivity index (χ4n) is 7.93. The van der Waals surface area contributed by atoms with Gasteiger partial charge in [-0.1, -0.05) is 80.4 Å². The number of ether oxygens (including phenoxy) is 2. The highest BCUT2D eigenvalue weighted by Crippen LogP contribution is 2.37. The molecule has 2 aliphatic rings. The Bertz CT molecular complexity index is 2860. The van der Waals surface area contributed by atoms with Crippen LogP contribution in [0.25, 0.3) is 21.8 Å². The highest BCUT2D eigenvalue weighted by atomic mass is 79.9. The maximum Gasteiger partial charge on any atom is 0.335 e. The molecule has 6 aromatic carbocycles. The van der Waals surface area contributed by atoms with Crippen LogP contribution in [0.15, 0.2) is 155 Å². The number of terminal acetylenes is 1. The minimum absolute atomic E-state index is 0. The number of hydrogen-bond acceptors (Lipinski definition) is 5. The van der Waals surface area contributed by atoms with Crippen LogP contribution in [0.4, 0.5) is 0 Å². The molecule has 9 nitrogen and oxygen atoms in total. The third kappa shape index (κ3) is 11.1. The van der Waals surface area contributed by atoms with E-state index in [2.05, 4.69) is 90.3 Å². The molecule has 63 heavy (non-hydrogen) atoms. The normalized spacial score (nSPS) is 14.8. The zero-order chi connectivity index (χ0) is 44.3. The Hall–Kier alpha value is -6.58. The maximum atomic E-state index is 13.0. The molecule has 2 aliphatic carbocycles. The van der Waals surface area contributed by atoms with E-state index >= 15 is 0 Å². The fraction of sp³-hybridized carbons (Fsp3) is 0.154. The van der Waals surface area contributed by atoms with Gasteiger partial charge < -0.3 is 37.0 Å². The van der Waals surface area contributed by atoms with E-state index in [1.807, 2.05) is 84.9 Å². The average Bonchev–Trinajstić information content (AvgIpc) is 3.87. The molecule has 0 saturated heterocycles. The van der Waals surface area contributed by atoms with Crippen molar-refractivity contribution in [2.24, 2.45) is 5.73 Å². The van der Waals surface area contributed by atoms with E-state index in [4.69, 9.17) is 20.3 Å². The molecule has 0 aliphatic heterocycles. The van der Waals surface area contributed by atoms with E-state index in [0.717, 1.165) is 58.0 Å². The molecule has 10 rings (SSSR count). The standard InChI is InChI=1S/C25H21BrN2O2.C13H10O3.C12H13BrN2.C2H2.H/c26-17-12-13-22-21(15-17)20-10-5-11-23(24(20)27-22)28-25(29)16-6-4-9-19(14-16)30-18-7-2-1-3-8-18;14-13(15)10-5-4-8-12(9-10)16-11-6-2-1-3-7-11;13-7-4-5-11-9(6-7)8-2-1-3-10(14)12(8)15-11;1-2;/h1-4,6-9,12-15,23,27H,5,10-11H2,(H,28,29);1-9H,(H,14,15);4-6,10,15H,1-3,14H2;1-2H;/q;;;;-1/i;;;;1+1. The van der Waals surface area contributed by atoms with Crippen molar-refractivity contribution in [2.75, 3.05) is 0 Å². The highest BCUT2D eigenvalue weighted by Gasteiger charge is 2.26. The third-order valence-electron chi connectivity index (χ3n) is 10.8. The molecule has 11 heteroatoms. The number of carboxylic acid groups (broad SMARTS) is 1. The van der Waals surface area contributed by atoms with E-state index < -0.39 is 5.97 Å². The number of benzene rings is 6. The monoisotopic (exact) mass is 966 g/mol. The Morgan fingerprint density at radius 1 is 0.619 bits per heavy atom. The number of nitrogens with two attached hydrogens (primary N) is 1. The van der Waals surface area contributed by atoms with Crippen molar-refractivity contribution < 1.29 is 25.6 Å². The maximum absolute atomic E-state index is 13.0. The Morgan fingerprint density at radius 3 is 1.65 bits per heavy atom. The van der Waals surface area contributed by atoms with Crippen LogP contribution in [-0.2, 0) is 12.8 Å². The second-order valence-corrected chi connectivity index (χ2v) is 16.9. The van der Waals surface area contributed by atoms with Gasteiger partial charge in [-0.2, -0.15) is 0 Å². The fourth-order valence-corrected chi connectivity index (χ4v) is 8.66. The zero-order valence-electron chi connectivity index (χ0n) is 35.3. The van der Waals surface area contributed by atoms with Gasteiger partial charge in [0.1, 0.15) is 23.0 Å². The number of aryl methyl sites for hydroxylation is 2. The number of nitrogens with one attached hydrogen (secondary N) is 3. The van der Waals surface area contributed by atoms with E-state index in [0.29, 0.717) is 22.8 Å². The number of carboxylic acids is 1. The molecular weight excluding hydrogens is 920 g/mol. The van der Waals surface area contributed by atoms with E-state index in [-0.39, 0.29) is 25.0 Å². The molecule has 320 valence electrons. The predicted molar refractivity (Wildman–Crippen MR) is 259 cm³/mol. The topological polar surface area (TPSA) is 142 Å². The van der Waals surface area contributed by atoms with Gasteiger partial charge in [-0.05, 0) is 147 Å². The van der Waals surface area contributed by atoms with Gasteiger partial charge in [0.2, 0.25) is 0 Å². The number of para-hydroxylation sites is 2. The van der Waals surface area contributed by atoms with Gasteiger partial charge >= 0.3 is 5.97 Å². The summed E-state index contributed by atoms with van der Waals surface area (Å²) in [6.45, 7) is 0. The summed E-state index contributed by atoms with van der Waals surface area (Å²) >= 11 is 7.08. The number of H-pyrrole nitrogens is 2. The Balaban J connectivity index is 0.000000169. The van der Waals surface area contributed by atoms with Crippen molar-refractivity contribution in [3.63, 3.8) is 0 Å².